The summed E-state index contributed by atoms with van der Waals surface area (Å²) in [5, 5.41) is 10.4. The van der Waals surface area contributed by atoms with Crippen LogP contribution in [0.4, 0.5) is 5.69 Å². The Balaban J connectivity index is 1.70. The fourth-order valence-electron chi connectivity index (χ4n) is 4.13. The number of rotatable bonds is 7. The summed E-state index contributed by atoms with van der Waals surface area (Å²) in [6, 6.07) is 14.2. The molecule has 30 heavy (non-hydrogen) atoms. The number of piperidine rings is 1. The average molecular weight is 411 g/mol. The van der Waals surface area contributed by atoms with Crippen molar-refractivity contribution in [3.63, 3.8) is 0 Å². The number of amides is 1. The lowest BCUT2D eigenvalue weighted by Gasteiger charge is -2.39. The normalized spacial score (nSPS) is 15.4. The van der Waals surface area contributed by atoms with Crippen molar-refractivity contribution < 1.29 is 14.6 Å². The molecule has 5 heteroatoms. The monoisotopic (exact) mass is 410 g/mol. The van der Waals surface area contributed by atoms with Crippen LogP contribution in [0.15, 0.2) is 42.5 Å². The number of carbonyl (C=O) groups is 1. The Morgan fingerprint density at radius 3 is 2.40 bits per heavy atom. The molecule has 5 nitrogen and oxygen atoms in total. The van der Waals surface area contributed by atoms with Gasteiger partial charge >= 0.3 is 0 Å². The van der Waals surface area contributed by atoms with E-state index < -0.39 is 0 Å². The van der Waals surface area contributed by atoms with Crippen LogP contribution in [0, 0.1) is 5.92 Å². The van der Waals surface area contributed by atoms with Crippen LogP contribution in [0.2, 0.25) is 0 Å². The van der Waals surface area contributed by atoms with E-state index in [9.17, 15) is 9.90 Å². The maximum absolute atomic E-state index is 13.1. The smallest absolute Gasteiger partial charge is 0.229 e. The molecule has 0 bridgehead atoms. The molecule has 0 saturated carbocycles. The number of likely N-dealkylation sites (tertiary alicyclic amines) is 1. The molecule has 0 aromatic heterocycles. The highest BCUT2D eigenvalue weighted by Crippen LogP contribution is 2.32. The molecule has 0 atom stereocenters. The number of para-hydroxylation sites is 1. The summed E-state index contributed by atoms with van der Waals surface area (Å²) in [5.74, 6) is 0.868. The van der Waals surface area contributed by atoms with Gasteiger partial charge in [-0.2, -0.15) is 0 Å². The van der Waals surface area contributed by atoms with Crippen LogP contribution in [0.1, 0.15) is 44.7 Å². The Bertz CT molecular complexity index is 840. The summed E-state index contributed by atoms with van der Waals surface area (Å²) in [5.41, 5.74) is 3.15. The van der Waals surface area contributed by atoms with Gasteiger partial charge in [0.25, 0.3) is 0 Å². The number of nitrogens with zero attached hydrogens (tertiary/aromatic N) is 2. The number of benzene rings is 2. The van der Waals surface area contributed by atoms with Gasteiger partial charge < -0.3 is 14.7 Å². The van der Waals surface area contributed by atoms with Crippen molar-refractivity contribution in [2.45, 2.75) is 52.6 Å². The largest absolute Gasteiger partial charge is 0.504 e. The summed E-state index contributed by atoms with van der Waals surface area (Å²) < 4.78 is 5.22. The third-order valence-electron chi connectivity index (χ3n) is 5.97. The molecule has 2 aromatic carbocycles. The van der Waals surface area contributed by atoms with Crippen molar-refractivity contribution in [2.75, 3.05) is 25.1 Å². The molecular formula is C25H34N2O3. The van der Waals surface area contributed by atoms with Gasteiger partial charge in [0.05, 0.1) is 7.11 Å². The minimum atomic E-state index is -0.0392. The molecule has 1 aliphatic heterocycles. The zero-order chi connectivity index (χ0) is 21.7. The number of carbonyl (C=O) groups excluding carboxylic acids is 1. The Labute approximate surface area is 180 Å². The second-order valence-electron chi connectivity index (χ2n) is 8.36. The molecular weight excluding hydrogens is 376 g/mol. The molecule has 1 saturated heterocycles. The van der Waals surface area contributed by atoms with Gasteiger partial charge in [-0.15, -0.1) is 0 Å². The highest BCUT2D eigenvalue weighted by atomic mass is 16.5. The van der Waals surface area contributed by atoms with Crippen LogP contribution in [0.5, 0.6) is 11.5 Å². The predicted octanol–water partition coefficient (Wildman–Crippen LogP) is 4.62. The molecule has 1 fully saturated rings. The molecule has 0 unspecified atom stereocenters. The zero-order valence-electron chi connectivity index (χ0n) is 18.6. The second-order valence-corrected chi connectivity index (χ2v) is 8.36. The standard InChI is InChI=1S/C25H34N2O3/c1-5-19-9-11-21(12-10-19)27(25(29)18(2)3)22-13-15-26(16-14-22)17-20-7-6-8-23(30-4)24(20)28/h6-12,18,22,28H,5,13-17H2,1-4H3. The van der Waals surface area contributed by atoms with E-state index in [-0.39, 0.29) is 23.6 Å². The lowest BCUT2D eigenvalue weighted by molar-refractivity contribution is -0.122. The summed E-state index contributed by atoms with van der Waals surface area (Å²) >= 11 is 0. The summed E-state index contributed by atoms with van der Waals surface area (Å²) in [6.45, 7) is 8.53. The van der Waals surface area contributed by atoms with Crippen molar-refractivity contribution in [1.82, 2.24) is 4.90 Å². The number of phenolic OH excluding ortho intramolecular Hbond substituents is 1. The summed E-state index contributed by atoms with van der Waals surface area (Å²) in [7, 11) is 1.57. The van der Waals surface area contributed by atoms with Crippen molar-refractivity contribution in [3.8, 4) is 11.5 Å². The molecule has 1 amide bonds. The Kier molecular flexibility index (Phi) is 7.38. The molecule has 0 radical (unpaired) electrons. The average Bonchev–Trinajstić information content (AvgIpc) is 2.77. The summed E-state index contributed by atoms with van der Waals surface area (Å²) in [4.78, 5) is 17.4. The zero-order valence-corrected chi connectivity index (χ0v) is 18.6. The lowest BCUT2D eigenvalue weighted by Crippen LogP contribution is -2.48. The van der Waals surface area contributed by atoms with Gasteiger partial charge in [0.2, 0.25) is 5.91 Å². The van der Waals surface area contributed by atoms with Crippen LogP contribution < -0.4 is 9.64 Å². The third kappa shape index (κ3) is 4.96. The number of hydrogen-bond acceptors (Lipinski definition) is 4. The van der Waals surface area contributed by atoms with E-state index in [1.54, 1.807) is 13.2 Å². The number of anilines is 1. The van der Waals surface area contributed by atoms with Gasteiger partial charge in [-0.25, -0.2) is 0 Å². The van der Waals surface area contributed by atoms with E-state index in [1.165, 1.54) is 5.56 Å². The fraction of sp³-hybridized carbons (Fsp3) is 0.480. The topological polar surface area (TPSA) is 53.0 Å². The molecule has 1 N–H and O–H groups in total. The van der Waals surface area contributed by atoms with E-state index in [0.717, 1.165) is 43.6 Å². The first-order chi connectivity index (χ1) is 14.4. The van der Waals surface area contributed by atoms with E-state index in [2.05, 4.69) is 36.1 Å². The predicted molar refractivity (Wildman–Crippen MR) is 121 cm³/mol. The van der Waals surface area contributed by atoms with Gasteiger partial charge in [0, 0.05) is 42.8 Å². The van der Waals surface area contributed by atoms with Crippen LogP contribution in [-0.2, 0) is 17.8 Å². The SMILES string of the molecule is CCc1ccc(N(C(=O)C(C)C)C2CCN(Cc3cccc(OC)c3O)CC2)cc1. The van der Waals surface area contributed by atoms with Crippen LogP contribution in [0.3, 0.4) is 0 Å². The van der Waals surface area contributed by atoms with Crippen molar-refractivity contribution in [2.24, 2.45) is 5.92 Å². The van der Waals surface area contributed by atoms with Gasteiger partial charge in [0.15, 0.2) is 11.5 Å². The Morgan fingerprint density at radius 2 is 1.83 bits per heavy atom. The highest BCUT2D eigenvalue weighted by Gasteiger charge is 2.30. The molecule has 1 heterocycles. The first-order valence-electron chi connectivity index (χ1n) is 10.9. The van der Waals surface area contributed by atoms with Gasteiger partial charge in [-0.1, -0.05) is 45.0 Å². The van der Waals surface area contributed by atoms with Crippen molar-refractivity contribution >= 4 is 11.6 Å². The molecule has 162 valence electrons. The molecule has 2 aromatic rings. The number of aromatic hydroxyl groups is 1. The number of hydrogen-bond donors (Lipinski definition) is 1. The number of ether oxygens (including phenoxy) is 1. The highest BCUT2D eigenvalue weighted by molar-refractivity contribution is 5.95. The number of aryl methyl sites for hydroxylation is 1. The van der Waals surface area contributed by atoms with Crippen LogP contribution in [-0.4, -0.2) is 42.2 Å². The Morgan fingerprint density at radius 1 is 1.17 bits per heavy atom. The molecule has 0 aliphatic carbocycles. The van der Waals surface area contributed by atoms with Gasteiger partial charge in [-0.3, -0.25) is 9.69 Å². The van der Waals surface area contributed by atoms with Gasteiger partial charge in [-0.05, 0) is 43.0 Å². The fourth-order valence-corrected chi connectivity index (χ4v) is 4.13. The van der Waals surface area contributed by atoms with Crippen LogP contribution >= 0.6 is 0 Å². The maximum Gasteiger partial charge on any atom is 0.229 e. The van der Waals surface area contributed by atoms with Crippen LogP contribution in [0.25, 0.3) is 0 Å². The van der Waals surface area contributed by atoms with Gasteiger partial charge in [0.1, 0.15) is 0 Å². The minimum absolute atomic E-state index is 0.0392. The summed E-state index contributed by atoms with van der Waals surface area (Å²) in [6.07, 6.45) is 2.82. The minimum Gasteiger partial charge on any atom is -0.504 e. The third-order valence-corrected chi connectivity index (χ3v) is 5.97. The Hall–Kier alpha value is -2.53. The second kappa shape index (κ2) is 9.98. The van der Waals surface area contributed by atoms with E-state index in [1.807, 2.05) is 30.9 Å². The molecule has 1 aliphatic rings. The van der Waals surface area contributed by atoms with Crippen molar-refractivity contribution in [1.29, 1.82) is 0 Å². The first kappa shape index (κ1) is 22.2. The first-order valence-corrected chi connectivity index (χ1v) is 10.9. The lowest BCUT2D eigenvalue weighted by atomic mass is 9.99. The number of methoxy groups -OCH3 is 1. The number of phenols is 1. The van der Waals surface area contributed by atoms with Crippen molar-refractivity contribution in [3.05, 3.63) is 53.6 Å². The van der Waals surface area contributed by atoms with E-state index in [4.69, 9.17) is 4.74 Å². The maximum atomic E-state index is 13.1. The molecule has 3 rings (SSSR count). The van der Waals surface area contributed by atoms with E-state index in [0.29, 0.717) is 12.3 Å². The quantitative estimate of drug-likeness (QED) is 0.724. The van der Waals surface area contributed by atoms with E-state index >= 15 is 0 Å². The molecule has 0 spiro atoms.